The number of non-ortho nitro benzene ring substituents is 1. The molecule has 144 valence electrons. The molecule has 0 fully saturated rings. The number of methoxy groups -OCH3 is 1. The summed E-state index contributed by atoms with van der Waals surface area (Å²) in [7, 11) is 1.53. The van der Waals surface area contributed by atoms with Crippen LogP contribution in [0.1, 0.15) is 38.1 Å². The Morgan fingerprint density at radius 3 is 2.50 bits per heavy atom. The number of nitrogens with zero attached hydrogens (tertiary/aromatic N) is 1. The Bertz CT molecular complexity index is 669. The summed E-state index contributed by atoms with van der Waals surface area (Å²) in [5.41, 5.74) is -0.385. The number of nitro groups is 1. The van der Waals surface area contributed by atoms with Gasteiger partial charge in [0.1, 0.15) is 0 Å². The Morgan fingerprint density at radius 2 is 1.96 bits per heavy atom. The first-order chi connectivity index (χ1) is 12.0. The average molecular weight is 367 g/mol. The van der Waals surface area contributed by atoms with Crippen LogP contribution in [0.25, 0.3) is 0 Å². The van der Waals surface area contributed by atoms with Crippen LogP contribution in [0.2, 0.25) is 0 Å². The van der Waals surface area contributed by atoms with Crippen LogP contribution in [0.15, 0.2) is 18.2 Å². The second kappa shape index (κ2) is 9.14. The fourth-order valence-electron chi connectivity index (χ4n) is 2.01. The van der Waals surface area contributed by atoms with Gasteiger partial charge in [0, 0.05) is 37.0 Å². The van der Waals surface area contributed by atoms with Crippen LogP contribution in [-0.4, -0.2) is 48.7 Å². The van der Waals surface area contributed by atoms with Gasteiger partial charge in [-0.15, -0.1) is 0 Å². The van der Waals surface area contributed by atoms with Gasteiger partial charge < -0.3 is 20.1 Å². The Kier molecular flexibility index (Phi) is 7.51. The Balaban J connectivity index is 2.98. The molecule has 0 unspecified atom stereocenters. The van der Waals surface area contributed by atoms with Crippen molar-refractivity contribution in [1.82, 2.24) is 5.32 Å². The maximum atomic E-state index is 12.5. The van der Waals surface area contributed by atoms with Crippen LogP contribution in [0.5, 0.6) is 0 Å². The highest BCUT2D eigenvalue weighted by Crippen LogP contribution is 2.23. The number of amides is 1. The SMILES string of the molecule is COCCNc1ccc([N+](=O)[O-])cc1C(=O)O[C@H](C)C(=O)NC(C)(C)C. The lowest BCUT2D eigenvalue weighted by Gasteiger charge is -2.23. The quantitative estimate of drug-likeness (QED) is 0.312. The first-order valence-corrected chi connectivity index (χ1v) is 8.09. The fourth-order valence-corrected chi connectivity index (χ4v) is 2.01. The van der Waals surface area contributed by atoms with Crippen molar-refractivity contribution in [3.63, 3.8) is 0 Å². The number of ether oxygens (including phenoxy) is 2. The van der Waals surface area contributed by atoms with E-state index in [1.165, 1.54) is 26.2 Å². The molecule has 2 N–H and O–H groups in total. The fraction of sp³-hybridized carbons (Fsp3) is 0.529. The molecule has 1 rings (SSSR count). The molecule has 9 heteroatoms. The van der Waals surface area contributed by atoms with Crippen molar-refractivity contribution in [3.05, 3.63) is 33.9 Å². The van der Waals surface area contributed by atoms with E-state index in [9.17, 15) is 19.7 Å². The molecule has 0 radical (unpaired) electrons. The monoisotopic (exact) mass is 367 g/mol. The molecule has 0 saturated carbocycles. The molecule has 0 heterocycles. The number of hydrogen-bond donors (Lipinski definition) is 2. The number of esters is 1. The minimum absolute atomic E-state index is 0.0225. The molecule has 0 aromatic heterocycles. The van der Waals surface area contributed by atoms with E-state index in [1.54, 1.807) is 20.8 Å². The number of hydrogen-bond acceptors (Lipinski definition) is 7. The molecule has 0 spiro atoms. The summed E-state index contributed by atoms with van der Waals surface area (Å²) in [6.07, 6.45) is -1.05. The van der Waals surface area contributed by atoms with Crippen LogP contribution in [0.4, 0.5) is 11.4 Å². The first-order valence-electron chi connectivity index (χ1n) is 8.09. The van der Waals surface area contributed by atoms with Crippen molar-refractivity contribution in [3.8, 4) is 0 Å². The zero-order valence-corrected chi connectivity index (χ0v) is 15.6. The van der Waals surface area contributed by atoms with Gasteiger partial charge in [0.15, 0.2) is 6.10 Å². The van der Waals surface area contributed by atoms with Crippen LogP contribution in [-0.2, 0) is 14.3 Å². The smallest absolute Gasteiger partial charge is 0.341 e. The van der Waals surface area contributed by atoms with E-state index in [4.69, 9.17) is 9.47 Å². The predicted molar refractivity (Wildman–Crippen MR) is 96.2 cm³/mol. The lowest BCUT2D eigenvalue weighted by atomic mass is 10.1. The number of anilines is 1. The molecule has 0 aliphatic heterocycles. The highest BCUT2D eigenvalue weighted by molar-refractivity contribution is 5.98. The van der Waals surface area contributed by atoms with Gasteiger partial charge in [0.25, 0.3) is 11.6 Å². The second-order valence-electron chi connectivity index (χ2n) is 6.69. The molecular weight excluding hydrogens is 342 g/mol. The molecule has 1 amide bonds. The topological polar surface area (TPSA) is 120 Å². The Hall–Kier alpha value is -2.68. The van der Waals surface area contributed by atoms with Crippen LogP contribution in [0.3, 0.4) is 0 Å². The van der Waals surface area contributed by atoms with Crippen LogP contribution >= 0.6 is 0 Å². The van der Waals surface area contributed by atoms with Crippen LogP contribution in [0, 0.1) is 10.1 Å². The molecule has 9 nitrogen and oxygen atoms in total. The van der Waals surface area contributed by atoms with Gasteiger partial charge in [0.05, 0.1) is 17.1 Å². The normalized spacial score (nSPS) is 12.2. The summed E-state index contributed by atoms with van der Waals surface area (Å²) in [6, 6.07) is 3.82. The summed E-state index contributed by atoms with van der Waals surface area (Å²) in [4.78, 5) is 34.9. The molecule has 26 heavy (non-hydrogen) atoms. The number of carbonyl (C=O) groups is 2. The third kappa shape index (κ3) is 6.67. The standard InChI is InChI=1S/C17H25N3O6/c1-11(15(21)19-17(2,3)4)26-16(22)13-10-12(20(23)24)6-7-14(13)18-8-9-25-5/h6-7,10-11,18H,8-9H2,1-5H3,(H,19,21)/t11-/m1/s1. The highest BCUT2D eigenvalue weighted by atomic mass is 16.6. The maximum Gasteiger partial charge on any atom is 0.341 e. The lowest BCUT2D eigenvalue weighted by Crippen LogP contribution is -2.46. The number of benzene rings is 1. The van der Waals surface area contributed by atoms with Crippen molar-refractivity contribution in [2.24, 2.45) is 0 Å². The third-order valence-electron chi connectivity index (χ3n) is 3.21. The minimum atomic E-state index is -1.05. The molecule has 1 aromatic carbocycles. The average Bonchev–Trinajstić information content (AvgIpc) is 2.53. The van der Waals surface area contributed by atoms with Gasteiger partial charge in [0.2, 0.25) is 0 Å². The Labute approximate surface area is 152 Å². The summed E-state index contributed by atoms with van der Waals surface area (Å²) >= 11 is 0. The molecule has 1 atom stereocenters. The minimum Gasteiger partial charge on any atom is -0.449 e. The van der Waals surface area contributed by atoms with Gasteiger partial charge in [-0.25, -0.2) is 4.79 Å². The van der Waals surface area contributed by atoms with Crippen molar-refractivity contribution in [2.45, 2.75) is 39.3 Å². The number of nitrogens with one attached hydrogen (secondary N) is 2. The summed E-state index contributed by atoms with van der Waals surface area (Å²) in [5, 5.41) is 16.6. The van der Waals surface area contributed by atoms with Gasteiger partial charge in [-0.1, -0.05) is 0 Å². The molecule has 0 aliphatic rings. The summed E-state index contributed by atoms with van der Waals surface area (Å²) in [6.45, 7) is 7.63. The predicted octanol–water partition coefficient (Wildman–Crippen LogP) is 2.11. The second-order valence-corrected chi connectivity index (χ2v) is 6.69. The first kappa shape index (κ1) is 21.4. The van der Waals surface area contributed by atoms with E-state index in [2.05, 4.69) is 10.6 Å². The number of rotatable bonds is 8. The maximum absolute atomic E-state index is 12.5. The summed E-state index contributed by atoms with van der Waals surface area (Å²) in [5.74, 6) is -1.28. The van der Waals surface area contributed by atoms with Gasteiger partial charge >= 0.3 is 5.97 Å². The third-order valence-corrected chi connectivity index (χ3v) is 3.21. The van der Waals surface area contributed by atoms with E-state index < -0.39 is 28.4 Å². The van der Waals surface area contributed by atoms with Gasteiger partial charge in [-0.05, 0) is 33.8 Å². The van der Waals surface area contributed by atoms with E-state index in [1.807, 2.05) is 0 Å². The molecule has 0 saturated heterocycles. The van der Waals surface area contributed by atoms with E-state index in [0.717, 1.165) is 6.07 Å². The zero-order chi connectivity index (χ0) is 19.9. The van der Waals surface area contributed by atoms with E-state index >= 15 is 0 Å². The lowest BCUT2D eigenvalue weighted by molar-refractivity contribution is -0.384. The summed E-state index contributed by atoms with van der Waals surface area (Å²) < 4.78 is 10.1. The largest absolute Gasteiger partial charge is 0.449 e. The Morgan fingerprint density at radius 1 is 1.31 bits per heavy atom. The van der Waals surface area contributed by atoms with E-state index in [0.29, 0.717) is 18.8 Å². The van der Waals surface area contributed by atoms with E-state index in [-0.39, 0.29) is 11.3 Å². The molecule has 0 bridgehead atoms. The van der Waals surface area contributed by atoms with Crippen molar-refractivity contribution in [1.29, 1.82) is 0 Å². The molecule has 0 aliphatic carbocycles. The van der Waals surface area contributed by atoms with Gasteiger partial charge in [-0.3, -0.25) is 14.9 Å². The number of carbonyl (C=O) groups excluding carboxylic acids is 2. The zero-order valence-electron chi connectivity index (χ0n) is 15.6. The number of nitro benzene ring substituents is 1. The van der Waals surface area contributed by atoms with Crippen molar-refractivity contribution in [2.75, 3.05) is 25.6 Å². The molecular formula is C17H25N3O6. The molecule has 1 aromatic rings. The van der Waals surface area contributed by atoms with Crippen molar-refractivity contribution >= 4 is 23.3 Å². The highest BCUT2D eigenvalue weighted by Gasteiger charge is 2.25. The van der Waals surface area contributed by atoms with Crippen molar-refractivity contribution < 1.29 is 24.0 Å². The van der Waals surface area contributed by atoms with Gasteiger partial charge in [-0.2, -0.15) is 0 Å². The van der Waals surface area contributed by atoms with Crippen LogP contribution < -0.4 is 10.6 Å².